The molecule has 0 bridgehead atoms. The van der Waals surface area contributed by atoms with Gasteiger partial charge in [-0.25, -0.2) is 9.07 Å². The van der Waals surface area contributed by atoms with Crippen molar-refractivity contribution in [3.8, 4) is 23.0 Å². The van der Waals surface area contributed by atoms with Crippen LogP contribution in [0.2, 0.25) is 0 Å². The summed E-state index contributed by atoms with van der Waals surface area (Å²) in [6.07, 6.45) is 3.31. The van der Waals surface area contributed by atoms with E-state index in [2.05, 4.69) is 25.4 Å². The average Bonchev–Trinajstić information content (AvgIpc) is 3.24. The second kappa shape index (κ2) is 6.23. The van der Waals surface area contributed by atoms with Gasteiger partial charge in [0, 0.05) is 12.4 Å². The highest BCUT2D eigenvalue weighted by Crippen LogP contribution is 2.22. The Morgan fingerprint density at radius 3 is 2.92 bits per heavy atom. The van der Waals surface area contributed by atoms with Crippen LogP contribution in [0.4, 0.5) is 4.39 Å². The van der Waals surface area contributed by atoms with Crippen LogP contribution in [0.25, 0.3) is 23.0 Å². The predicted octanol–water partition coefficient (Wildman–Crippen LogP) is 2.89. The Balaban J connectivity index is 1.62. The first-order chi connectivity index (χ1) is 12.2. The molecule has 0 spiro atoms. The Morgan fingerprint density at radius 2 is 2.12 bits per heavy atom. The maximum Gasteiger partial charge on any atom is 0.259 e. The van der Waals surface area contributed by atoms with Crippen molar-refractivity contribution in [1.82, 2.24) is 30.1 Å². The Labute approximate surface area is 142 Å². The fourth-order valence-electron chi connectivity index (χ4n) is 2.45. The van der Waals surface area contributed by atoms with Gasteiger partial charge in [0.2, 0.25) is 5.82 Å². The van der Waals surface area contributed by atoms with Gasteiger partial charge in [0.05, 0.1) is 17.8 Å². The van der Waals surface area contributed by atoms with E-state index < -0.39 is 0 Å². The summed E-state index contributed by atoms with van der Waals surface area (Å²) in [4.78, 5) is 8.38. The molecule has 3 aromatic heterocycles. The third-order valence-corrected chi connectivity index (χ3v) is 3.75. The summed E-state index contributed by atoms with van der Waals surface area (Å²) < 4.78 is 20.3. The van der Waals surface area contributed by atoms with Crippen molar-refractivity contribution in [2.24, 2.45) is 0 Å². The molecule has 0 atom stereocenters. The van der Waals surface area contributed by atoms with Crippen LogP contribution in [0.3, 0.4) is 0 Å². The molecule has 0 N–H and O–H groups in total. The molecule has 124 valence electrons. The van der Waals surface area contributed by atoms with Crippen molar-refractivity contribution >= 4 is 0 Å². The highest BCUT2D eigenvalue weighted by Gasteiger charge is 2.18. The zero-order valence-electron chi connectivity index (χ0n) is 13.3. The average molecular weight is 336 g/mol. The summed E-state index contributed by atoms with van der Waals surface area (Å²) in [5, 5.41) is 12.2. The minimum atomic E-state index is -0.283. The van der Waals surface area contributed by atoms with E-state index in [9.17, 15) is 4.39 Å². The van der Waals surface area contributed by atoms with Gasteiger partial charge < -0.3 is 4.52 Å². The number of nitrogens with zero attached hydrogens (tertiary/aromatic N) is 6. The summed E-state index contributed by atoms with van der Waals surface area (Å²) in [7, 11) is 0. The molecular weight excluding hydrogens is 323 g/mol. The van der Waals surface area contributed by atoms with E-state index in [0.717, 1.165) is 16.8 Å². The van der Waals surface area contributed by atoms with Gasteiger partial charge in [-0.3, -0.25) is 4.98 Å². The molecule has 0 unspecified atom stereocenters. The van der Waals surface area contributed by atoms with Gasteiger partial charge in [-0.1, -0.05) is 22.5 Å². The summed E-state index contributed by atoms with van der Waals surface area (Å²) in [6, 6.07) is 9.99. The van der Waals surface area contributed by atoms with Gasteiger partial charge in [0.25, 0.3) is 5.89 Å². The van der Waals surface area contributed by atoms with Crippen molar-refractivity contribution in [2.75, 3.05) is 0 Å². The first-order valence-electron chi connectivity index (χ1n) is 7.60. The van der Waals surface area contributed by atoms with E-state index in [0.29, 0.717) is 24.0 Å². The molecule has 3 heterocycles. The number of hydrogen-bond acceptors (Lipinski definition) is 6. The maximum absolute atomic E-state index is 13.3. The van der Waals surface area contributed by atoms with Gasteiger partial charge in [0.1, 0.15) is 5.82 Å². The summed E-state index contributed by atoms with van der Waals surface area (Å²) in [5.74, 6) is 0.429. The van der Waals surface area contributed by atoms with Crippen LogP contribution in [0, 0.1) is 12.7 Å². The summed E-state index contributed by atoms with van der Waals surface area (Å²) in [5.41, 5.74) is 2.81. The lowest BCUT2D eigenvalue weighted by molar-refractivity contribution is 0.432. The molecule has 7 nitrogen and oxygen atoms in total. The van der Waals surface area contributed by atoms with E-state index in [-0.39, 0.29) is 5.82 Å². The normalized spacial score (nSPS) is 11.0. The maximum atomic E-state index is 13.3. The number of pyridine rings is 1. The molecule has 0 aliphatic heterocycles. The Bertz CT molecular complexity index is 1010. The molecule has 0 aliphatic carbocycles. The minimum absolute atomic E-state index is 0.283. The molecule has 1 aromatic carbocycles. The third kappa shape index (κ3) is 3.01. The fraction of sp³-hybridized carbons (Fsp3) is 0.118. The fourth-order valence-corrected chi connectivity index (χ4v) is 2.45. The van der Waals surface area contributed by atoms with Gasteiger partial charge >= 0.3 is 0 Å². The largest absolute Gasteiger partial charge is 0.333 e. The number of halogens is 1. The van der Waals surface area contributed by atoms with Crippen LogP contribution >= 0.6 is 0 Å². The summed E-state index contributed by atoms with van der Waals surface area (Å²) in [6.45, 7) is 2.26. The van der Waals surface area contributed by atoms with E-state index in [1.165, 1.54) is 12.1 Å². The molecule has 8 heteroatoms. The molecule has 0 saturated carbocycles. The highest BCUT2D eigenvalue weighted by molar-refractivity contribution is 5.57. The first-order valence-corrected chi connectivity index (χ1v) is 7.60. The molecule has 0 fully saturated rings. The van der Waals surface area contributed by atoms with E-state index >= 15 is 0 Å². The molecule has 4 aromatic rings. The van der Waals surface area contributed by atoms with E-state index in [1.54, 1.807) is 29.2 Å². The zero-order chi connectivity index (χ0) is 17.2. The Morgan fingerprint density at radius 1 is 1.20 bits per heavy atom. The van der Waals surface area contributed by atoms with Crippen molar-refractivity contribution in [3.63, 3.8) is 0 Å². The van der Waals surface area contributed by atoms with Crippen molar-refractivity contribution in [2.45, 2.75) is 13.5 Å². The van der Waals surface area contributed by atoms with Gasteiger partial charge in [-0.2, -0.15) is 4.98 Å². The van der Waals surface area contributed by atoms with Crippen molar-refractivity contribution in [3.05, 3.63) is 65.9 Å². The Kier molecular flexibility index (Phi) is 3.77. The molecule has 0 aliphatic rings. The van der Waals surface area contributed by atoms with Crippen molar-refractivity contribution in [1.29, 1.82) is 0 Å². The zero-order valence-corrected chi connectivity index (χ0v) is 13.3. The van der Waals surface area contributed by atoms with Gasteiger partial charge in [-0.15, -0.1) is 5.10 Å². The Hall–Kier alpha value is -3.42. The molecule has 0 amide bonds. The van der Waals surface area contributed by atoms with E-state index in [1.807, 2.05) is 19.1 Å². The smallest absolute Gasteiger partial charge is 0.259 e. The molecule has 4 rings (SSSR count). The van der Waals surface area contributed by atoms with Crippen LogP contribution in [-0.2, 0) is 6.54 Å². The standard InChI is InChI=1S/C17H13FN6O/c1-11-15(16-20-17(25-22-16)13-5-3-7-19-9-13)21-23-24(11)10-12-4-2-6-14(18)8-12/h2-9H,10H2,1H3. The number of rotatable bonds is 4. The van der Waals surface area contributed by atoms with Crippen LogP contribution in [0.1, 0.15) is 11.3 Å². The monoisotopic (exact) mass is 336 g/mol. The van der Waals surface area contributed by atoms with Crippen LogP contribution in [0.15, 0.2) is 53.3 Å². The number of aromatic nitrogens is 6. The van der Waals surface area contributed by atoms with Crippen LogP contribution in [0.5, 0.6) is 0 Å². The van der Waals surface area contributed by atoms with Crippen molar-refractivity contribution < 1.29 is 8.91 Å². The minimum Gasteiger partial charge on any atom is -0.333 e. The molecule has 25 heavy (non-hydrogen) atoms. The highest BCUT2D eigenvalue weighted by atomic mass is 19.1. The number of benzene rings is 1. The topological polar surface area (TPSA) is 82.5 Å². The summed E-state index contributed by atoms with van der Waals surface area (Å²) >= 11 is 0. The lowest BCUT2D eigenvalue weighted by atomic mass is 10.2. The predicted molar refractivity (Wildman–Crippen MR) is 86.8 cm³/mol. The van der Waals surface area contributed by atoms with E-state index in [4.69, 9.17) is 4.52 Å². The van der Waals surface area contributed by atoms with Gasteiger partial charge in [0.15, 0.2) is 5.69 Å². The van der Waals surface area contributed by atoms with Gasteiger partial charge in [-0.05, 0) is 36.8 Å². The SMILES string of the molecule is Cc1c(-c2noc(-c3cccnc3)n2)nnn1Cc1cccc(F)c1. The lowest BCUT2D eigenvalue weighted by Crippen LogP contribution is -2.04. The first kappa shape index (κ1) is 15.1. The van der Waals surface area contributed by atoms with Crippen LogP contribution < -0.4 is 0 Å². The number of hydrogen-bond donors (Lipinski definition) is 0. The second-order valence-corrected chi connectivity index (χ2v) is 5.48. The lowest BCUT2D eigenvalue weighted by Gasteiger charge is -2.03. The molecular formula is C17H13FN6O. The second-order valence-electron chi connectivity index (χ2n) is 5.48. The van der Waals surface area contributed by atoms with Crippen LogP contribution in [-0.4, -0.2) is 30.1 Å². The third-order valence-electron chi connectivity index (χ3n) is 3.75. The quantitative estimate of drug-likeness (QED) is 0.570. The molecule has 0 saturated heterocycles. The molecule has 0 radical (unpaired) electrons.